The molecule has 5 rings (SSSR count). The van der Waals surface area contributed by atoms with Crippen LogP contribution in [0.4, 0.5) is 5.69 Å². The quantitative estimate of drug-likeness (QED) is 0.307. The normalized spacial score (nSPS) is 15.0. The number of aryl methyl sites for hydroxylation is 1. The zero-order valence-corrected chi connectivity index (χ0v) is 18.4. The minimum atomic E-state index is -0.530. The zero-order valence-electron chi connectivity index (χ0n) is 17.7. The second kappa shape index (κ2) is 8.18. The number of nitrogens with zero attached hydrogens (tertiary/aromatic N) is 3. The Morgan fingerprint density at radius 2 is 1.82 bits per heavy atom. The smallest absolute Gasteiger partial charge is 0.273 e. The first-order chi connectivity index (χ1) is 15.9. The van der Waals surface area contributed by atoms with Gasteiger partial charge in [-0.15, -0.1) is 0 Å². The van der Waals surface area contributed by atoms with E-state index in [4.69, 9.17) is 11.6 Å². The minimum Gasteiger partial charge on any atom is -0.322 e. The molecule has 1 amide bonds. The van der Waals surface area contributed by atoms with E-state index in [0.717, 1.165) is 22.3 Å². The number of H-pyrrole nitrogens is 1. The number of carbonyl (C=O) groups is 1. The Labute approximate surface area is 194 Å². The van der Waals surface area contributed by atoms with Crippen molar-refractivity contribution < 1.29 is 9.72 Å². The molecule has 0 saturated carbocycles. The van der Waals surface area contributed by atoms with E-state index in [-0.39, 0.29) is 11.6 Å². The summed E-state index contributed by atoms with van der Waals surface area (Å²) in [5.74, 6) is -0.206. The number of fused-ring (bicyclic) bond motifs is 1. The van der Waals surface area contributed by atoms with Crippen LogP contribution in [0.3, 0.4) is 0 Å². The predicted molar refractivity (Wildman–Crippen MR) is 125 cm³/mol. The van der Waals surface area contributed by atoms with Gasteiger partial charge in [-0.2, -0.15) is 5.10 Å². The molecule has 3 aromatic carbocycles. The molecule has 2 heterocycles. The molecular weight excluding hydrogens is 440 g/mol. The molecule has 1 N–H and O–H groups in total. The lowest BCUT2D eigenvalue weighted by Gasteiger charge is -2.26. The molecule has 0 fully saturated rings. The van der Waals surface area contributed by atoms with Crippen molar-refractivity contribution in [2.45, 2.75) is 19.5 Å². The van der Waals surface area contributed by atoms with Crippen LogP contribution in [0, 0.1) is 17.0 Å². The number of aromatic nitrogens is 2. The topological polar surface area (TPSA) is 92.1 Å². The van der Waals surface area contributed by atoms with Crippen LogP contribution < -0.4 is 0 Å². The average Bonchev–Trinajstić information content (AvgIpc) is 3.35. The number of aromatic amines is 1. The fourth-order valence-corrected chi connectivity index (χ4v) is 4.36. The lowest BCUT2D eigenvalue weighted by molar-refractivity contribution is -0.384. The van der Waals surface area contributed by atoms with E-state index in [2.05, 4.69) is 10.2 Å². The molecule has 1 aromatic heterocycles. The molecule has 33 heavy (non-hydrogen) atoms. The third-order valence-corrected chi connectivity index (χ3v) is 6.10. The van der Waals surface area contributed by atoms with Crippen molar-refractivity contribution in [2.75, 3.05) is 0 Å². The van der Waals surface area contributed by atoms with E-state index < -0.39 is 11.0 Å². The van der Waals surface area contributed by atoms with Gasteiger partial charge >= 0.3 is 0 Å². The van der Waals surface area contributed by atoms with Crippen LogP contribution in [0.15, 0.2) is 72.8 Å². The first-order valence-electron chi connectivity index (χ1n) is 10.4. The van der Waals surface area contributed by atoms with Crippen molar-refractivity contribution in [3.8, 4) is 11.3 Å². The molecule has 1 aliphatic rings. The fourth-order valence-electron chi connectivity index (χ4n) is 4.23. The van der Waals surface area contributed by atoms with Gasteiger partial charge in [0.05, 0.1) is 16.7 Å². The average molecular weight is 459 g/mol. The Morgan fingerprint density at radius 3 is 2.52 bits per heavy atom. The Kier molecular flexibility index (Phi) is 5.18. The van der Waals surface area contributed by atoms with Gasteiger partial charge in [-0.3, -0.25) is 20.0 Å². The largest absolute Gasteiger partial charge is 0.322 e. The third kappa shape index (κ3) is 3.76. The highest BCUT2D eigenvalue weighted by Gasteiger charge is 2.42. The Hall–Kier alpha value is -3.97. The summed E-state index contributed by atoms with van der Waals surface area (Å²) in [5, 5.41) is 19.4. The SMILES string of the molecule is Cc1ccc(-c2n[nH]c3c2C(c2cccc([N+](=O)[O-])c2)N(Cc2ccc(Cl)cc2)C3=O)cc1. The Bertz CT molecular complexity index is 1360. The van der Waals surface area contributed by atoms with E-state index in [9.17, 15) is 14.9 Å². The molecule has 0 saturated heterocycles. The fraction of sp³-hybridized carbons (Fsp3) is 0.120. The summed E-state index contributed by atoms with van der Waals surface area (Å²) in [4.78, 5) is 26.2. The second-order valence-corrected chi connectivity index (χ2v) is 8.48. The van der Waals surface area contributed by atoms with Gasteiger partial charge in [0.15, 0.2) is 0 Å². The molecule has 0 aliphatic carbocycles. The molecule has 8 heteroatoms. The summed E-state index contributed by atoms with van der Waals surface area (Å²) in [6.45, 7) is 2.32. The van der Waals surface area contributed by atoms with Crippen molar-refractivity contribution in [3.63, 3.8) is 0 Å². The number of hydrogen-bond donors (Lipinski definition) is 1. The summed E-state index contributed by atoms with van der Waals surface area (Å²) in [7, 11) is 0. The molecule has 1 atom stereocenters. The maximum absolute atomic E-state index is 13.5. The molecule has 0 spiro atoms. The number of nitro benzene ring substituents is 1. The Balaban J connectivity index is 1.65. The van der Waals surface area contributed by atoms with Gasteiger partial charge in [0, 0.05) is 34.8 Å². The third-order valence-electron chi connectivity index (χ3n) is 5.85. The van der Waals surface area contributed by atoms with Gasteiger partial charge in [0.1, 0.15) is 5.69 Å². The molecule has 0 radical (unpaired) electrons. The van der Waals surface area contributed by atoms with Gasteiger partial charge in [0.25, 0.3) is 11.6 Å². The number of rotatable bonds is 5. The molecule has 1 unspecified atom stereocenters. The number of carbonyl (C=O) groups excluding carboxylic acids is 1. The highest BCUT2D eigenvalue weighted by Crippen LogP contribution is 2.44. The van der Waals surface area contributed by atoms with Crippen LogP contribution >= 0.6 is 11.6 Å². The van der Waals surface area contributed by atoms with Crippen LogP contribution in [-0.4, -0.2) is 25.9 Å². The molecule has 7 nitrogen and oxygen atoms in total. The highest BCUT2D eigenvalue weighted by atomic mass is 35.5. The van der Waals surface area contributed by atoms with Gasteiger partial charge in [-0.05, 0) is 30.2 Å². The van der Waals surface area contributed by atoms with Crippen molar-refractivity contribution in [2.24, 2.45) is 0 Å². The van der Waals surface area contributed by atoms with Crippen LogP contribution in [0.5, 0.6) is 0 Å². The highest BCUT2D eigenvalue weighted by molar-refractivity contribution is 6.30. The number of amides is 1. The number of halogens is 1. The summed E-state index contributed by atoms with van der Waals surface area (Å²) in [6, 6.07) is 21.1. The van der Waals surface area contributed by atoms with Crippen LogP contribution in [0.25, 0.3) is 11.3 Å². The second-order valence-electron chi connectivity index (χ2n) is 8.04. The van der Waals surface area contributed by atoms with Crippen molar-refractivity contribution >= 4 is 23.2 Å². The van der Waals surface area contributed by atoms with Crippen LogP contribution in [0.1, 0.15) is 38.8 Å². The lowest BCUT2D eigenvalue weighted by Crippen LogP contribution is -2.29. The molecule has 4 aromatic rings. The van der Waals surface area contributed by atoms with E-state index in [1.807, 2.05) is 43.3 Å². The first-order valence-corrected chi connectivity index (χ1v) is 10.8. The standard InChI is InChI=1S/C25H19ClN4O3/c1-15-5-9-17(10-6-15)22-21-23(28-27-22)25(31)29(14-16-7-11-19(26)12-8-16)24(21)18-3-2-4-20(13-18)30(32)33/h2-13,24H,14H2,1H3,(H,27,28). The molecular formula is C25H19ClN4O3. The van der Waals surface area contributed by atoms with Crippen LogP contribution in [-0.2, 0) is 6.54 Å². The lowest BCUT2D eigenvalue weighted by atomic mass is 9.95. The summed E-state index contributed by atoms with van der Waals surface area (Å²) >= 11 is 6.03. The predicted octanol–water partition coefficient (Wildman–Crippen LogP) is 5.69. The number of hydrogen-bond acceptors (Lipinski definition) is 4. The van der Waals surface area contributed by atoms with E-state index in [1.54, 1.807) is 29.2 Å². The molecule has 0 bridgehead atoms. The number of non-ortho nitro benzene ring substituents is 1. The summed E-state index contributed by atoms with van der Waals surface area (Å²) in [5.41, 5.74) is 5.29. The van der Waals surface area contributed by atoms with E-state index in [0.29, 0.717) is 28.5 Å². The van der Waals surface area contributed by atoms with Crippen molar-refractivity contribution in [1.29, 1.82) is 0 Å². The monoisotopic (exact) mass is 458 g/mol. The van der Waals surface area contributed by atoms with Gasteiger partial charge in [-0.1, -0.05) is 65.7 Å². The zero-order chi connectivity index (χ0) is 23.1. The van der Waals surface area contributed by atoms with Crippen molar-refractivity contribution in [3.05, 3.63) is 116 Å². The molecule has 164 valence electrons. The number of nitrogens with one attached hydrogen (secondary N) is 1. The number of benzene rings is 3. The molecule has 1 aliphatic heterocycles. The van der Waals surface area contributed by atoms with Crippen molar-refractivity contribution in [1.82, 2.24) is 15.1 Å². The maximum Gasteiger partial charge on any atom is 0.273 e. The van der Waals surface area contributed by atoms with E-state index in [1.165, 1.54) is 12.1 Å². The van der Waals surface area contributed by atoms with Gasteiger partial charge < -0.3 is 4.90 Å². The van der Waals surface area contributed by atoms with E-state index >= 15 is 0 Å². The Morgan fingerprint density at radius 1 is 1.09 bits per heavy atom. The summed E-state index contributed by atoms with van der Waals surface area (Å²) in [6.07, 6.45) is 0. The minimum absolute atomic E-state index is 0.0276. The first kappa shape index (κ1) is 20.9. The van der Waals surface area contributed by atoms with Crippen LogP contribution in [0.2, 0.25) is 5.02 Å². The van der Waals surface area contributed by atoms with Gasteiger partial charge in [0.2, 0.25) is 0 Å². The summed E-state index contributed by atoms with van der Waals surface area (Å²) < 4.78 is 0. The van der Waals surface area contributed by atoms with Gasteiger partial charge in [-0.25, -0.2) is 0 Å². The number of nitro groups is 1. The maximum atomic E-state index is 13.5.